The lowest BCUT2D eigenvalue weighted by Gasteiger charge is -2.26. The summed E-state index contributed by atoms with van der Waals surface area (Å²) in [5.74, 6) is -2.01. The summed E-state index contributed by atoms with van der Waals surface area (Å²) in [4.78, 5) is 13.1. The summed E-state index contributed by atoms with van der Waals surface area (Å²) in [5.41, 5.74) is 2.61. The van der Waals surface area contributed by atoms with Crippen LogP contribution in [0.1, 0.15) is 53.7 Å². The summed E-state index contributed by atoms with van der Waals surface area (Å²) < 4.78 is 33.0. The quantitative estimate of drug-likeness (QED) is 0.419. The number of hydrogen-bond acceptors (Lipinski definition) is 4. The van der Waals surface area contributed by atoms with Crippen LogP contribution >= 0.6 is 0 Å². The standard InChI is InChI=1S/C26H26F2N4O2/c1-31-15-19(14-30-31)20-9-8-17(25(27)26(20)28)11-18-12-22(32-21(18)6-4-10-29-32)24(34)13-16-5-2-3-7-23(16)33/h4,6,8-10,12,14-16,23,33H,2-3,5,7,11,13H2,1H3/t16-,23+/m1/s1. The van der Waals surface area contributed by atoms with Crippen molar-refractivity contribution in [1.82, 2.24) is 19.4 Å². The van der Waals surface area contributed by atoms with E-state index in [4.69, 9.17) is 0 Å². The fraction of sp³-hybridized carbons (Fsp3) is 0.346. The maximum atomic E-state index is 15.0. The maximum Gasteiger partial charge on any atom is 0.181 e. The molecule has 2 atom stereocenters. The number of aliphatic hydroxyl groups excluding tert-OH is 1. The molecule has 1 aromatic carbocycles. The number of nitrogens with zero attached hydrogens (tertiary/aromatic N) is 4. The predicted octanol–water partition coefficient (Wildman–Crippen LogP) is 4.73. The number of ketones is 1. The number of Topliss-reactive ketones (excluding diaryl/α,β-unsaturated/α-hetero) is 1. The molecule has 34 heavy (non-hydrogen) atoms. The van der Waals surface area contributed by atoms with Crippen LogP contribution in [0.15, 0.2) is 48.9 Å². The molecule has 1 fully saturated rings. The first-order chi connectivity index (χ1) is 16.4. The highest BCUT2D eigenvalue weighted by Crippen LogP contribution is 2.31. The van der Waals surface area contributed by atoms with Crippen LogP contribution in [-0.2, 0) is 13.5 Å². The van der Waals surface area contributed by atoms with Crippen LogP contribution in [0.3, 0.4) is 0 Å². The van der Waals surface area contributed by atoms with E-state index in [9.17, 15) is 14.3 Å². The third-order valence-corrected chi connectivity index (χ3v) is 6.78. The van der Waals surface area contributed by atoms with Crippen molar-refractivity contribution in [1.29, 1.82) is 0 Å². The number of halogens is 2. The van der Waals surface area contributed by atoms with Gasteiger partial charge in [-0.05, 0) is 48.1 Å². The van der Waals surface area contributed by atoms with Gasteiger partial charge in [0, 0.05) is 43.4 Å². The Labute approximate surface area is 195 Å². The van der Waals surface area contributed by atoms with E-state index < -0.39 is 17.7 Å². The number of benzene rings is 1. The number of carbonyl (C=O) groups is 1. The van der Waals surface area contributed by atoms with E-state index in [1.54, 1.807) is 48.2 Å². The second-order valence-electron chi connectivity index (χ2n) is 9.09. The van der Waals surface area contributed by atoms with Crippen LogP contribution in [0.25, 0.3) is 16.6 Å². The molecule has 5 rings (SSSR count). The van der Waals surface area contributed by atoms with Crippen molar-refractivity contribution >= 4 is 11.3 Å². The van der Waals surface area contributed by atoms with Crippen LogP contribution in [0, 0.1) is 17.6 Å². The molecule has 3 heterocycles. The van der Waals surface area contributed by atoms with Gasteiger partial charge in [0.1, 0.15) is 5.69 Å². The molecule has 1 N–H and O–H groups in total. The van der Waals surface area contributed by atoms with Crippen molar-refractivity contribution in [3.63, 3.8) is 0 Å². The van der Waals surface area contributed by atoms with Gasteiger partial charge < -0.3 is 5.11 Å². The Balaban J connectivity index is 1.46. The Hall–Kier alpha value is -3.39. The summed E-state index contributed by atoms with van der Waals surface area (Å²) >= 11 is 0. The maximum absolute atomic E-state index is 15.0. The lowest BCUT2D eigenvalue weighted by Crippen LogP contribution is -2.27. The SMILES string of the molecule is Cn1cc(-c2ccc(Cc3cc(C(=O)C[C@H]4CCCC[C@@H]4O)n4ncccc34)c(F)c2F)cn1. The molecule has 3 aromatic heterocycles. The van der Waals surface area contributed by atoms with Crippen molar-refractivity contribution < 1.29 is 18.7 Å². The average Bonchev–Trinajstić information content (AvgIpc) is 3.42. The first kappa shape index (κ1) is 22.4. The summed E-state index contributed by atoms with van der Waals surface area (Å²) in [6.45, 7) is 0. The second kappa shape index (κ2) is 9.10. The molecule has 6 nitrogen and oxygen atoms in total. The predicted molar refractivity (Wildman–Crippen MR) is 123 cm³/mol. The summed E-state index contributed by atoms with van der Waals surface area (Å²) in [6.07, 6.45) is 8.13. The zero-order chi connectivity index (χ0) is 23.8. The Morgan fingerprint density at radius 1 is 1.12 bits per heavy atom. The van der Waals surface area contributed by atoms with Gasteiger partial charge >= 0.3 is 0 Å². The Kier molecular flexibility index (Phi) is 6.00. The molecule has 4 aromatic rings. The first-order valence-electron chi connectivity index (χ1n) is 11.5. The van der Waals surface area contributed by atoms with Crippen LogP contribution in [-0.4, -0.2) is 36.4 Å². The summed E-state index contributed by atoms with van der Waals surface area (Å²) in [7, 11) is 1.71. The minimum atomic E-state index is -0.922. The van der Waals surface area contributed by atoms with Crippen LogP contribution in [0.5, 0.6) is 0 Å². The monoisotopic (exact) mass is 464 g/mol. The molecule has 0 radical (unpaired) electrons. The van der Waals surface area contributed by atoms with Crippen LogP contribution in [0.2, 0.25) is 0 Å². The molecule has 1 saturated carbocycles. The van der Waals surface area contributed by atoms with Gasteiger partial charge in [0.05, 0.1) is 17.8 Å². The number of aliphatic hydroxyl groups is 1. The molecule has 0 bridgehead atoms. The van der Waals surface area contributed by atoms with Gasteiger partial charge in [-0.25, -0.2) is 13.3 Å². The molecule has 0 aliphatic heterocycles. The Morgan fingerprint density at radius 3 is 2.71 bits per heavy atom. The molecular formula is C26H26F2N4O2. The van der Waals surface area contributed by atoms with E-state index in [1.807, 2.05) is 6.07 Å². The van der Waals surface area contributed by atoms with Crippen LogP contribution < -0.4 is 0 Å². The average molecular weight is 465 g/mol. The van der Waals surface area contributed by atoms with Crippen LogP contribution in [0.4, 0.5) is 8.78 Å². The normalized spacial score (nSPS) is 18.5. The molecular weight excluding hydrogens is 438 g/mol. The topological polar surface area (TPSA) is 72.4 Å². The fourth-order valence-corrected chi connectivity index (χ4v) is 4.93. The van der Waals surface area contributed by atoms with Gasteiger partial charge in [0.25, 0.3) is 0 Å². The highest BCUT2D eigenvalue weighted by atomic mass is 19.2. The lowest BCUT2D eigenvalue weighted by atomic mass is 9.83. The van der Waals surface area contributed by atoms with Gasteiger partial charge in [0.15, 0.2) is 17.4 Å². The third kappa shape index (κ3) is 4.14. The minimum Gasteiger partial charge on any atom is -0.393 e. The van der Waals surface area contributed by atoms with Crippen molar-refractivity contribution in [3.05, 3.63) is 77.4 Å². The molecule has 0 spiro atoms. The van der Waals surface area contributed by atoms with E-state index in [0.29, 0.717) is 22.3 Å². The Bertz CT molecular complexity index is 1360. The number of carbonyl (C=O) groups excluding carboxylic acids is 1. The molecule has 8 heteroatoms. The van der Waals surface area contributed by atoms with E-state index >= 15 is 4.39 Å². The van der Waals surface area contributed by atoms with Gasteiger partial charge in [-0.1, -0.05) is 25.0 Å². The van der Waals surface area contributed by atoms with Gasteiger partial charge in [0.2, 0.25) is 0 Å². The minimum absolute atomic E-state index is 0.0643. The van der Waals surface area contributed by atoms with E-state index in [-0.39, 0.29) is 35.7 Å². The van der Waals surface area contributed by atoms with Crippen molar-refractivity contribution in [2.75, 3.05) is 0 Å². The van der Waals surface area contributed by atoms with E-state index in [2.05, 4.69) is 10.2 Å². The first-order valence-corrected chi connectivity index (χ1v) is 11.5. The summed E-state index contributed by atoms with van der Waals surface area (Å²) in [6, 6.07) is 8.40. The van der Waals surface area contributed by atoms with E-state index in [0.717, 1.165) is 25.7 Å². The van der Waals surface area contributed by atoms with Gasteiger partial charge in [-0.3, -0.25) is 9.48 Å². The molecule has 0 amide bonds. The van der Waals surface area contributed by atoms with Crippen molar-refractivity contribution in [3.8, 4) is 11.1 Å². The van der Waals surface area contributed by atoms with Crippen molar-refractivity contribution in [2.24, 2.45) is 13.0 Å². The van der Waals surface area contributed by atoms with Crippen molar-refractivity contribution in [2.45, 2.75) is 44.6 Å². The smallest absolute Gasteiger partial charge is 0.181 e. The highest BCUT2D eigenvalue weighted by Gasteiger charge is 2.27. The molecule has 1 aliphatic carbocycles. The van der Waals surface area contributed by atoms with Gasteiger partial charge in [-0.15, -0.1) is 0 Å². The number of rotatable bonds is 6. The molecule has 0 unspecified atom stereocenters. The number of aryl methyl sites for hydroxylation is 1. The molecule has 0 saturated heterocycles. The lowest BCUT2D eigenvalue weighted by molar-refractivity contribution is 0.0580. The fourth-order valence-electron chi connectivity index (χ4n) is 4.93. The number of aromatic nitrogens is 4. The highest BCUT2D eigenvalue weighted by molar-refractivity contribution is 5.96. The zero-order valence-corrected chi connectivity index (χ0v) is 18.9. The number of hydrogen-bond donors (Lipinski definition) is 1. The largest absolute Gasteiger partial charge is 0.393 e. The van der Waals surface area contributed by atoms with Gasteiger partial charge in [-0.2, -0.15) is 10.2 Å². The third-order valence-electron chi connectivity index (χ3n) is 6.78. The summed E-state index contributed by atoms with van der Waals surface area (Å²) in [5, 5.41) is 18.6. The zero-order valence-electron chi connectivity index (χ0n) is 18.9. The second-order valence-corrected chi connectivity index (χ2v) is 9.09. The molecule has 176 valence electrons. The van der Waals surface area contributed by atoms with E-state index in [1.165, 1.54) is 10.9 Å². The molecule has 1 aliphatic rings. The number of fused-ring (bicyclic) bond motifs is 1. The Morgan fingerprint density at radius 2 is 1.94 bits per heavy atom.